The van der Waals surface area contributed by atoms with Crippen molar-refractivity contribution in [2.24, 2.45) is 0 Å². The minimum absolute atomic E-state index is 0.0657. The molecular formula is C17H17F3N2O3S. The smallest absolute Gasteiger partial charge is 0.377 e. The molecule has 1 N–H and O–H groups in total. The molecule has 0 heterocycles. The second-order valence-corrected chi connectivity index (χ2v) is 7.79. The largest absolute Gasteiger partial charge is 0.418 e. The van der Waals surface area contributed by atoms with Crippen LogP contribution in [0.1, 0.15) is 15.9 Å². The Hall–Kier alpha value is -2.39. The number of Topliss-reactive ketones (excluding diaryl/α,β-unsaturated/α-hetero) is 1. The second-order valence-electron chi connectivity index (χ2n) is 5.64. The van der Waals surface area contributed by atoms with Gasteiger partial charge in [-0.15, -0.1) is 0 Å². The third kappa shape index (κ3) is 4.41. The van der Waals surface area contributed by atoms with Gasteiger partial charge in [-0.3, -0.25) is 4.79 Å². The Kier molecular flexibility index (Phi) is 5.72. The summed E-state index contributed by atoms with van der Waals surface area (Å²) < 4.78 is 64.1. The number of nitrogens with one attached hydrogen (secondary N) is 1. The summed E-state index contributed by atoms with van der Waals surface area (Å²) >= 11 is 0. The van der Waals surface area contributed by atoms with Crippen LogP contribution in [0.15, 0.2) is 53.4 Å². The van der Waals surface area contributed by atoms with E-state index < -0.39 is 34.1 Å². The number of nitrogens with zero attached hydrogens (tertiary/aromatic N) is 1. The van der Waals surface area contributed by atoms with Crippen LogP contribution < -0.4 is 5.32 Å². The van der Waals surface area contributed by atoms with Gasteiger partial charge in [-0.05, 0) is 24.3 Å². The second kappa shape index (κ2) is 7.46. The zero-order valence-corrected chi connectivity index (χ0v) is 14.9. The summed E-state index contributed by atoms with van der Waals surface area (Å²) in [6.07, 6.45) is -4.55. The van der Waals surface area contributed by atoms with Gasteiger partial charge in [-0.1, -0.05) is 24.3 Å². The Bertz CT molecular complexity index is 909. The number of alkyl halides is 3. The third-order valence-electron chi connectivity index (χ3n) is 3.61. The van der Waals surface area contributed by atoms with Crippen LogP contribution in [0.3, 0.4) is 0 Å². The van der Waals surface area contributed by atoms with Gasteiger partial charge in [0.2, 0.25) is 10.0 Å². The third-order valence-corrected chi connectivity index (χ3v) is 5.42. The van der Waals surface area contributed by atoms with Gasteiger partial charge in [-0.25, -0.2) is 12.7 Å². The lowest BCUT2D eigenvalue weighted by molar-refractivity contribution is -0.136. The van der Waals surface area contributed by atoms with Gasteiger partial charge in [-0.2, -0.15) is 13.2 Å². The Labute approximate surface area is 149 Å². The highest BCUT2D eigenvalue weighted by Crippen LogP contribution is 2.34. The lowest BCUT2D eigenvalue weighted by atomic mass is 10.1. The molecule has 0 atom stereocenters. The fourth-order valence-corrected chi connectivity index (χ4v) is 3.15. The molecule has 9 heteroatoms. The molecule has 0 aliphatic rings. The first-order valence-corrected chi connectivity index (χ1v) is 8.93. The molecular weight excluding hydrogens is 369 g/mol. The van der Waals surface area contributed by atoms with Gasteiger partial charge in [0.1, 0.15) is 0 Å². The summed E-state index contributed by atoms with van der Waals surface area (Å²) in [5.41, 5.74) is -1.01. The first kappa shape index (κ1) is 19.9. The van der Waals surface area contributed by atoms with Gasteiger partial charge in [0.25, 0.3) is 0 Å². The van der Waals surface area contributed by atoms with E-state index in [0.29, 0.717) is 0 Å². The van der Waals surface area contributed by atoms with E-state index in [-0.39, 0.29) is 16.1 Å². The van der Waals surface area contributed by atoms with E-state index >= 15 is 0 Å². The molecule has 0 radical (unpaired) electrons. The molecule has 2 rings (SSSR count). The SMILES string of the molecule is CN(C)S(=O)(=O)c1cccc(C(=O)CNc2ccccc2C(F)(F)F)c1. The van der Waals surface area contributed by atoms with Gasteiger partial charge >= 0.3 is 6.18 Å². The highest BCUT2D eigenvalue weighted by atomic mass is 32.2. The Morgan fingerprint density at radius 2 is 1.73 bits per heavy atom. The molecule has 5 nitrogen and oxygen atoms in total. The molecule has 140 valence electrons. The van der Waals surface area contributed by atoms with Crippen LogP contribution in [0.25, 0.3) is 0 Å². The standard InChI is InChI=1S/C17H17F3N2O3S/c1-22(2)26(24,25)13-7-5-6-12(10-13)16(23)11-21-15-9-4-3-8-14(15)17(18,19)20/h3-10,21H,11H2,1-2H3. The Balaban J connectivity index is 2.20. The van der Waals surface area contributed by atoms with Crippen molar-refractivity contribution in [2.75, 3.05) is 26.0 Å². The molecule has 2 aromatic rings. The first-order valence-electron chi connectivity index (χ1n) is 7.49. The summed E-state index contributed by atoms with van der Waals surface area (Å²) in [6.45, 7) is -0.404. The molecule has 0 saturated heterocycles. The maximum atomic E-state index is 13.0. The quantitative estimate of drug-likeness (QED) is 0.774. The van der Waals surface area contributed by atoms with Gasteiger partial charge < -0.3 is 5.32 Å². The van der Waals surface area contributed by atoms with E-state index in [2.05, 4.69) is 5.32 Å². The number of hydrogen-bond acceptors (Lipinski definition) is 4. The number of benzene rings is 2. The molecule has 0 amide bonds. The van der Waals surface area contributed by atoms with Crippen molar-refractivity contribution < 1.29 is 26.4 Å². The number of sulfonamides is 1. The predicted molar refractivity (Wildman–Crippen MR) is 91.6 cm³/mol. The molecule has 0 fully saturated rings. The van der Waals surface area contributed by atoms with Gasteiger partial charge in [0.15, 0.2) is 5.78 Å². The van der Waals surface area contributed by atoms with Crippen LogP contribution in [-0.4, -0.2) is 39.1 Å². The highest BCUT2D eigenvalue weighted by molar-refractivity contribution is 7.89. The van der Waals surface area contributed by atoms with Crippen LogP contribution in [0.4, 0.5) is 18.9 Å². The van der Waals surface area contributed by atoms with Crippen molar-refractivity contribution >= 4 is 21.5 Å². The topological polar surface area (TPSA) is 66.5 Å². The summed E-state index contributed by atoms with van der Waals surface area (Å²) in [5.74, 6) is -0.530. The number of anilines is 1. The maximum absolute atomic E-state index is 13.0. The van der Waals surface area contributed by atoms with Crippen LogP contribution in [0, 0.1) is 0 Å². The maximum Gasteiger partial charge on any atom is 0.418 e. The molecule has 0 aromatic heterocycles. The van der Waals surface area contributed by atoms with Gasteiger partial charge in [0, 0.05) is 25.3 Å². The zero-order valence-electron chi connectivity index (χ0n) is 14.0. The Morgan fingerprint density at radius 3 is 2.35 bits per heavy atom. The lowest BCUT2D eigenvalue weighted by Gasteiger charge is -2.14. The van der Waals surface area contributed by atoms with Crippen LogP contribution in [-0.2, 0) is 16.2 Å². The number of hydrogen-bond donors (Lipinski definition) is 1. The minimum Gasteiger partial charge on any atom is -0.377 e. The molecule has 0 bridgehead atoms. The molecule has 26 heavy (non-hydrogen) atoms. The van der Waals surface area contributed by atoms with Crippen molar-refractivity contribution in [2.45, 2.75) is 11.1 Å². The summed E-state index contributed by atoms with van der Waals surface area (Å²) in [4.78, 5) is 12.2. The van der Waals surface area contributed by atoms with E-state index in [0.717, 1.165) is 10.4 Å². The summed E-state index contributed by atoms with van der Waals surface area (Å²) in [5, 5.41) is 2.47. The number of halogens is 3. The van der Waals surface area contributed by atoms with Crippen molar-refractivity contribution in [1.82, 2.24) is 4.31 Å². The predicted octanol–water partition coefficient (Wildman–Crippen LogP) is 3.25. The fraction of sp³-hybridized carbons (Fsp3) is 0.235. The van der Waals surface area contributed by atoms with E-state index in [1.165, 1.54) is 56.6 Å². The summed E-state index contributed by atoms with van der Waals surface area (Å²) in [7, 11) is -0.993. The highest BCUT2D eigenvalue weighted by Gasteiger charge is 2.33. The average molecular weight is 386 g/mol. The van der Waals surface area contributed by atoms with Gasteiger partial charge in [0.05, 0.1) is 17.0 Å². The van der Waals surface area contributed by atoms with E-state index in [9.17, 15) is 26.4 Å². The number of rotatable bonds is 6. The van der Waals surface area contributed by atoms with E-state index in [1.807, 2.05) is 0 Å². The number of carbonyl (C=O) groups excluding carboxylic acids is 1. The number of para-hydroxylation sites is 1. The summed E-state index contributed by atoms with van der Waals surface area (Å²) in [6, 6.07) is 10.2. The number of ketones is 1. The molecule has 0 aliphatic heterocycles. The van der Waals surface area contributed by atoms with Crippen molar-refractivity contribution in [1.29, 1.82) is 0 Å². The monoisotopic (exact) mass is 386 g/mol. The Morgan fingerprint density at radius 1 is 1.08 bits per heavy atom. The minimum atomic E-state index is -4.55. The normalized spacial score (nSPS) is 12.2. The zero-order chi connectivity index (χ0) is 19.5. The van der Waals surface area contributed by atoms with E-state index in [4.69, 9.17) is 0 Å². The fourth-order valence-electron chi connectivity index (χ4n) is 2.20. The average Bonchev–Trinajstić information content (AvgIpc) is 2.59. The first-order chi connectivity index (χ1) is 12.0. The van der Waals surface area contributed by atoms with E-state index in [1.54, 1.807) is 0 Å². The molecule has 0 aliphatic carbocycles. The van der Waals surface area contributed by atoms with Crippen LogP contribution in [0.2, 0.25) is 0 Å². The van der Waals surface area contributed by atoms with Crippen molar-refractivity contribution in [3.63, 3.8) is 0 Å². The van der Waals surface area contributed by atoms with Crippen molar-refractivity contribution in [3.8, 4) is 0 Å². The molecule has 0 saturated carbocycles. The van der Waals surface area contributed by atoms with Crippen LogP contribution >= 0.6 is 0 Å². The molecule has 2 aromatic carbocycles. The molecule has 0 spiro atoms. The van der Waals surface area contributed by atoms with Crippen LogP contribution in [0.5, 0.6) is 0 Å². The lowest BCUT2D eigenvalue weighted by Crippen LogP contribution is -2.23. The van der Waals surface area contributed by atoms with Crippen molar-refractivity contribution in [3.05, 3.63) is 59.7 Å². The molecule has 0 unspecified atom stereocenters. The number of carbonyl (C=O) groups is 1.